The fourth-order valence-electron chi connectivity index (χ4n) is 3.03. The molecule has 0 spiro atoms. The van der Waals surface area contributed by atoms with Crippen LogP contribution in [0.4, 0.5) is 5.13 Å². The molecule has 1 aliphatic rings. The molecule has 0 atom stereocenters. The Hall–Kier alpha value is -2.85. The van der Waals surface area contributed by atoms with Gasteiger partial charge in [-0.15, -0.1) is 10.2 Å². The predicted molar refractivity (Wildman–Crippen MR) is 116 cm³/mol. The lowest BCUT2D eigenvalue weighted by Gasteiger charge is -2.34. The van der Waals surface area contributed by atoms with E-state index in [0.29, 0.717) is 38.3 Å². The van der Waals surface area contributed by atoms with Gasteiger partial charge in [-0.2, -0.15) is 0 Å². The molecule has 3 aromatic rings. The molecule has 1 aliphatic heterocycles. The van der Waals surface area contributed by atoms with Crippen LogP contribution < -0.4 is 10.2 Å². The fraction of sp³-hybridized carbons (Fsp3) is 0.300. The molecule has 30 heavy (non-hydrogen) atoms. The van der Waals surface area contributed by atoms with Crippen molar-refractivity contribution in [3.63, 3.8) is 0 Å². The quantitative estimate of drug-likeness (QED) is 0.561. The highest BCUT2D eigenvalue weighted by Crippen LogP contribution is 2.28. The summed E-state index contributed by atoms with van der Waals surface area (Å²) in [6.45, 7) is 3.08. The zero-order valence-corrected chi connectivity index (χ0v) is 17.8. The van der Waals surface area contributed by atoms with E-state index >= 15 is 0 Å². The van der Waals surface area contributed by atoms with Crippen LogP contribution in [0.5, 0.6) is 0 Å². The zero-order valence-electron chi connectivity index (χ0n) is 16.2. The standard InChI is InChI=1S/C20H21N5O3S2/c26-17(21-13-16-7-4-12-28-16)14-29-20-23-22-19(30-20)25-10-8-24(9-11-25)18(27)15-5-2-1-3-6-15/h1-7,12H,8-11,13-14H2,(H,21,26). The van der Waals surface area contributed by atoms with Crippen molar-refractivity contribution >= 4 is 40.0 Å². The van der Waals surface area contributed by atoms with E-state index in [4.69, 9.17) is 4.42 Å². The SMILES string of the molecule is O=C(CSc1nnc(N2CCN(C(=O)c3ccccc3)CC2)s1)NCc1ccco1. The minimum absolute atomic E-state index is 0.0596. The number of rotatable bonds is 7. The third kappa shape index (κ3) is 5.19. The minimum atomic E-state index is -0.0822. The van der Waals surface area contributed by atoms with Crippen molar-refractivity contribution in [1.82, 2.24) is 20.4 Å². The Morgan fingerprint density at radius 1 is 1.07 bits per heavy atom. The van der Waals surface area contributed by atoms with Crippen LogP contribution in [-0.2, 0) is 11.3 Å². The van der Waals surface area contributed by atoms with Crippen molar-refractivity contribution in [2.24, 2.45) is 0 Å². The lowest BCUT2D eigenvalue weighted by Crippen LogP contribution is -2.48. The van der Waals surface area contributed by atoms with Crippen LogP contribution in [0.1, 0.15) is 16.1 Å². The number of thioether (sulfide) groups is 1. The van der Waals surface area contributed by atoms with Crippen LogP contribution in [0.15, 0.2) is 57.5 Å². The topological polar surface area (TPSA) is 91.6 Å². The number of aromatic nitrogens is 2. The van der Waals surface area contributed by atoms with Crippen molar-refractivity contribution in [3.05, 3.63) is 60.1 Å². The second kappa shape index (κ2) is 9.77. The lowest BCUT2D eigenvalue weighted by atomic mass is 10.2. The van der Waals surface area contributed by atoms with Gasteiger partial charge in [-0.1, -0.05) is 41.3 Å². The zero-order chi connectivity index (χ0) is 20.8. The highest BCUT2D eigenvalue weighted by Gasteiger charge is 2.24. The molecule has 2 aromatic heterocycles. The third-order valence-electron chi connectivity index (χ3n) is 4.62. The molecule has 4 rings (SSSR count). The van der Waals surface area contributed by atoms with E-state index in [1.807, 2.05) is 41.3 Å². The Morgan fingerprint density at radius 2 is 1.87 bits per heavy atom. The number of hydrogen-bond acceptors (Lipinski definition) is 8. The Bertz CT molecular complexity index is 970. The van der Waals surface area contributed by atoms with Crippen LogP contribution in [0.2, 0.25) is 0 Å². The first kappa shape index (κ1) is 20.4. The molecule has 156 valence electrons. The molecular formula is C20H21N5O3S2. The van der Waals surface area contributed by atoms with Gasteiger partial charge in [-0.25, -0.2) is 0 Å². The van der Waals surface area contributed by atoms with E-state index in [1.165, 1.54) is 23.1 Å². The molecule has 1 fully saturated rings. The number of anilines is 1. The number of nitrogens with zero attached hydrogens (tertiary/aromatic N) is 4. The average Bonchev–Trinajstić information content (AvgIpc) is 3.49. The van der Waals surface area contributed by atoms with Gasteiger partial charge in [0.15, 0.2) is 4.34 Å². The maximum Gasteiger partial charge on any atom is 0.253 e. The normalized spacial score (nSPS) is 14.0. The first-order valence-corrected chi connectivity index (χ1v) is 11.3. The smallest absolute Gasteiger partial charge is 0.253 e. The van der Waals surface area contributed by atoms with Gasteiger partial charge in [-0.3, -0.25) is 9.59 Å². The molecule has 10 heteroatoms. The number of furan rings is 1. The van der Waals surface area contributed by atoms with Gasteiger partial charge in [0, 0.05) is 31.7 Å². The molecule has 3 heterocycles. The maximum absolute atomic E-state index is 12.6. The number of benzene rings is 1. The lowest BCUT2D eigenvalue weighted by molar-refractivity contribution is -0.118. The number of nitrogens with one attached hydrogen (secondary N) is 1. The van der Waals surface area contributed by atoms with E-state index in [1.54, 1.807) is 12.3 Å². The Labute approximate surface area is 182 Å². The molecule has 0 radical (unpaired) electrons. The fourth-order valence-corrected chi connectivity index (χ4v) is 4.75. The second-order valence-corrected chi connectivity index (χ2v) is 8.82. The molecule has 0 aliphatic carbocycles. The van der Waals surface area contributed by atoms with E-state index < -0.39 is 0 Å². The van der Waals surface area contributed by atoms with Crippen molar-refractivity contribution < 1.29 is 14.0 Å². The predicted octanol–water partition coefficient (Wildman–Crippen LogP) is 2.50. The van der Waals surface area contributed by atoms with E-state index in [0.717, 1.165) is 15.2 Å². The number of amides is 2. The molecule has 0 unspecified atom stereocenters. The molecule has 0 saturated carbocycles. The van der Waals surface area contributed by atoms with Gasteiger partial charge < -0.3 is 19.5 Å². The third-order valence-corrected chi connectivity index (χ3v) is 6.74. The van der Waals surface area contributed by atoms with E-state index in [9.17, 15) is 9.59 Å². The first-order chi connectivity index (χ1) is 14.7. The summed E-state index contributed by atoms with van der Waals surface area (Å²) in [6, 6.07) is 12.9. The molecule has 1 N–H and O–H groups in total. The summed E-state index contributed by atoms with van der Waals surface area (Å²) in [5.41, 5.74) is 0.714. The van der Waals surface area contributed by atoms with Gasteiger partial charge in [0.2, 0.25) is 11.0 Å². The van der Waals surface area contributed by atoms with Crippen molar-refractivity contribution in [2.45, 2.75) is 10.9 Å². The molecule has 0 bridgehead atoms. The van der Waals surface area contributed by atoms with Gasteiger partial charge in [0.1, 0.15) is 5.76 Å². The Balaban J connectivity index is 1.22. The summed E-state index contributed by atoms with van der Waals surface area (Å²) in [5, 5.41) is 12.1. The molecule has 1 saturated heterocycles. The van der Waals surface area contributed by atoms with Crippen LogP contribution in [0.3, 0.4) is 0 Å². The summed E-state index contributed by atoms with van der Waals surface area (Å²) in [7, 11) is 0. The summed E-state index contributed by atoms with van der Waals surface area (Å²) in [5.74, 6) is 0.969. The first-order valence-electron chi connectivity index (χ1n) is 9.54. The second-order valence-electron chi connectivity index (χ2n) is 6.64. The van der Waals surface area contributed by atoms with Gasteiger partial charge in [-0.05, 0) is 24.3 Å². The van der Waals surface area contributed by atoms with E-state index in [2.05, 4.69) is 20.4 Å². The summed E-state index contributed by atoms with van der Waals surface area (Å²) in [4.78, 5) is 28.5. The maximum atomic E-state index is 12.6. The van der Waals surface area contributed by atoms with Crippen LogP contribution in [0, 0.1) is 0 Å². The van der Waals surface area contributed by atoms with Crippen LogP contribution >= 0.6 is 23.1 Å². The van der Waals surface area contributed by atoms with Gasteiger partial charge in [0.05, 0.1) is 18.6 Å². The summed E-state index contributed by atoms with van der Waals surface area (Å²) < 4.78 is 5.94. The monoisotopic (exact) mass is 443 g/mol. The van der Waals surface area contributed by atoms with Gasteiger partial charge in [0.25, 0.3) is 5.91 Å². The average molecular weight is 444 g/mol. The van der Waals surface area contributed by atoms with Crippen LogP contribution in [-0.4, -0.2) is 58.8 Å². The molecule has 2 amide bonds. The highest BCUT2D eigenvalue weighted by atomic mass is 32.2. The Kier molecular flexibility index (Phi) is 6.65. The number of carbonyl (C=O) groups excluding carboxylic acids is 2. The number of piperazine rings is 1. The number of hydrogen-bond donors (Lipinski definition) is 1. The van der Waals surface area contributed by atoms with Crippen molar-refractivity contribution in [1.29, 1.82) is 0 Å². The van der Waals surface area contributed by atoms with Crippen molar-refractivity contribution in [3.8, 4) is 0 Å². The molecule has 1 aromatic carbocycles. The van der Waals surface area contributed by atoms with Gasteiger partial charge >= 0.3 is 0 Å². The highest BCUT2D eigenvalue weighted by molar-refractivity contribution is 8.01. The van der Waals surface area contributed by atoms with E-state index in [-0.39, 0.29) is 17.6 Å². The minimum Gasteiger partial charge on any atom is -0.467 e. The summed E-state index contributed by atoms with van der Waals surface area (Å²) >= 11 is 2.83. The number of carbonyl (C=O) groups is 2. The van der Waals surface area contributed by atoms with Crippen molar-refractivity contribution in [2.75, 3.05) is 36.8 Å². The molecular weight excluding hydrogens is 422 g/mol. The van der Waals surface area contributed by atoms with Crippen LogP contribution in [0.25, 0.3) is 0 Å². The Morgan fingerprint density at radius 3 is 2.60 bits per heavy atom. The summed E-state index contributed by atoms with van der Waals surface area (Å²) in [6.07, 6.45) is 1.58. The largest absolute Gasteiger partial charge is 0.467 e. The molecule has 8 nitrogen and oxygen atoms in total.